The average molecular weight is 451 g/mol. The van der Waals surface area contributed by atoms with Crippen molar-refractivity contribution in [3.05, 3.63) is 69.7 Å². The summed E-state index contributed by atoms with van der Waals surface area (Å²) in [5, 5.41) is 4.99. The van der Waals surface area contributed by atoms with E-state index in [2.05, 4.69) is 0 Å². The van der Waals surface area contributed by atoms with Gasteiger partial charge in [-0.3, -0.25) is 0 Å². The number of hydrogen-bond donors (Lipinski definition) is 1. The van der Waals surface area contributed by atoms with Gasteiger partial charge in [0, 0.05) is 23.1 Å². The highest BCUT2D eigenvalue weighted by Gasteiger charge is 2.26. The largest absolute Gasteiger partial charge is 0.229 e. The van der Waals surface area contributed by atoms with E-state index in [0.29, 0.717) is 22.9 Å². The van der Waals surface area contributed by atoms with Crippen molar-refractivity contribution in [2.75, 3.05) is 18.2 Å². The van der Waals surface area contributed by atoms with Crippen LogP contribution in [0.4, 0.5) is 0 Å². The van der Waals surface area contributed by atoms with Crippen LogP contribution in [-0.2, 0) is 32.9 Å². The molecule has 2 aromatic carbocycles. The predicted octanol–water partition coefficient (Wildman–Crippen LogP) is 2.66. The fourth-order valence-electron chi connectivity index (χ4n) is 2.48. The monoisotopic (exact) mass is 450 g/mol. The second-order valence-electron chi connectivity index (χ2n) is 6.04. The van der Waals surface area contributed by atoms with Gasteiger partial charge < -0.3 is 0 Å². The van der Waals surface area contributed by atoms with Gasteiger partial charge in [0.05, 0.1) is 0 Å². The Bertz CT molecular complexity index is 911. The van der Waals surface area contributed by atoms with Crippen molar-refractivity contribution in [3.8, 4) is 0 Å². The molecule has 0 spiro atoms. The second kappa shape index (κ2) is 9.36. The van der Waals surface area contributed by atoms with E-state index in [1.165, 1.54) is 0 Å². The van der Waals surface area contributed by atoms with Gasteiger partial charge in [0.15, 0.2) is 5.08 Å². The Balaban J connectivity index is 2.13. The van der Waals surface area contributed by atoms with Crippen LogP contribution in [0.3, 0.4) is 0 Å². The molecule has 6 nitrogen and oxygen atoms in total. The lowest BCUT2D eigenvalue weighted by molar-refractivity contribution is 0.420. The Labute approximate surface area is 170 Å². The number of nitrogens with two attached hydrogens (primary N) is 1. The summed E-state index contributed by atoms with van der Waals surface area (Å²) in [6.45, 7) is 0.264. The quantitative estimate of drug-likeness (QED) is 0.634. The third kappa shape index (κ3) is 7.77. The van der Waals surface area contributed by atoms with E-state index in [9.17, 15) is 16.8 Å². The maximum absolute atomic E-state index is 12.5. The van der Waals surface area contributed by atoms with Crippen LogP contribution in [0.25, 0.3) is 0 Å². The van der Waals surface area contributed by atoms with Crippen LogP contribution in [0.5, 0.6) is 0 Å². The molecule has 148 valence electrons. The SMILES string of the molecule is NS(=O)(=O)CS(=O)(=O)N(CCc1ccc(Cl)cc1)CCc1ccc(Cl)cc1. The smallest absolute Gasteiger partial charge is 0.228 e. The molecular weight excluding hydrogens is 431 g/mol. The third-order valence-electron chi connectivity index (χ3n) is 3.83. The molecule has 0 saturated carbocycles. The molecular formula is C17H20Cl2N2O4S2. The summed E-state index contributed by atoms with van der Waals surface area (Å²) in [6.07, 6.45) is 0.837. The number of rotatable bonds is 9. The zero-order valence-electron chi connectivity index (χ0n) is 14.4. The van der Waals surface area contributed by atoms with Gasteiger partial charge in [0.2, 0.25) is 20.0 Å². The number of primary sulfonamides is 1. The first kappa shape index (κ1) is 22.1. The molecule has 0 aliphatic heterocycles. The summed E-state index contributed by atoms with van der Waals surface area (Å²) >= 11 is 11.7. The number of hydrogen-bond acceptors (Lipinski definition) is 4. The molecule has 0 heterocycles. The summed E-state index contributed by atoms with van der Waals surface area (Å²) in [6, 6.07) is 14.1. The summed E-state index contributed by atoms with van der Waals surface area (Å²) in [5.41, 5.74) is 1.78. The first-order valence-corrected chi connectivity index (χ1v) is 12.1. The minimum absolute atomic E-state index is 0.132. The molecule has 0 unspecified atom stereocenters. The number of nitrogens with zero attached hydrogens (tertiary/aromatic N) is 1. The van der Waals surface area contributed by atoms with Crippen molar-refractivity contribution in [1.29, 1.82) is 0 Å². The van der Waals surface area contributed by atoms with Gasteiger partial charge in [-0.25, -0.2) is 26.3 Å². The van der Waals surface area contributed by atoms with Gasteiger partial charge in [-0.05, 0) is 48.2 Å². The van der Waals surface area contributed by atoms with Gasteiger partial charge in [-0.1, -0.05) is 47.5 Å². The van der Waals surface area contributed by atoms with Gasteiger partial charge in [-0.15, -0.1) is 0 Å². The van der Waals surface area contributed by atoms with Gasteiger partial charge >= 0.3 is 0 Å². The van der Waals surface area contributed by atoms with E-state index in [1.54, 1.807) is 48.5 Å². The van der Waals surface area contributed by atoms with Crippen molar-refractivity contribution in [3.63, 3.8) is 0 Å². The van der Waals surface area contributed by atoms with Crippen molar-refractivity contribution in [1.82, 2.24) is 4.31 Å². The second-order valence-corrected chi connectivity index (χ2v) is 10.9. The van der Waals surface area contributed by atoms with Crippen LogP contribution in [0.15, 0.2) is 48.5 Å². The Hall–Kier alpha value is -1.16. The maximum Gasteiger partial charge on any atom is 0.229 e. The van der Waals surface area contributed by atoms with E-state index >= 15 is 0 Å². The summed E-state index contributed by atoms with van der Waals surface area (Å²) in [4.78, 5) is 0. The first-order chi connectivity index (χ1) is 12.5. The van der Waals surface area contributed by atoms with E-state index in [-0.39, 0.29) is 13.1 Å². The number of sulfonamides is 2. The van der Waals surface area contributed by atoms with Crippen LogP contribution in [0.1, 0.15) is 11.1 Å². The first-order valence-electron chi connectivity index (χ1n) is 8.02. The lowest BCUT2D eigenvalue weighted by atomic mass is 10.1. The summed E-state index contributed by atoms with van der Waals surface area (Å²) in [5.74, 6) is 0. The fourth-order valence-corrected chi connectivity index (χ4v) is 5.73. The highest BCUT2D eigenvalue weighted by Crippen LogP contribution is 2.14. The lowest BCUT2D eigenvalue weighted by Gasteiger charge is -2.22. The molecule has 0 radical (unpaired) electrons. The molecule has 0 aromatic heterocycles. The van der Waals surface area contributed by atoms with Crippen LogP contribution in [0, 0.1) is 0 Å². The minimum atomic E-state index is -4.17. The zero-order valence-corrected chi connectivity index (χ0v) is 17.5. The van der Waals surface area contributed by atoms with Crippen molar-refractivity contribution >= 4 is 43.2 Å². The van der Waals surface area contributed by atoms with Crippen LogP contribution in [0.2, 0.25) is 10.0 Å². The number of halogens is 2. The zero-order chi connectivity index (χ0) is 20.1. The molecule has 0 aliphatic carbocycles. The van der Waals surface area contributed by atoms with Crippen molar-refractivity contribution in [2.24, 2.45) is 5.14 Å². The fraction of sp³-hybridized carbons (Fsp3) is 0.294. The molecule has 2 rings (SSSR count). The average Bonchev–Trinajstić information content (AvgIpc) is 2.55. The van der Waals surface area contributed by atoms with Crippen LogP contribution in [-0.4, -0.2) is 39.3 Å². The molecule has 0 amide bonds. The molecule has 0 atom stereocenters. The molecule has 27 heavy (non-hydrogen) atoms. The third-order valence-corrected chi connectivity index (χ3v) is 7.99. The van der Waals surface area contributed by atoms with E-state index in [0.717, 1.165) is 15.4 Å². The summed E-state index contributed by atoms with van der Waals surface area (Å²) < 4.78 is 48.8. The van der Waals surface area contributed by atoms with E-state index in [1.807, 2.05) is 0 Å². The molecule has 0 bridgehead atoms. The van der Waals surface area contributed by atoms with Crippen LogP contribution < -0.4 is 5.14 Å². The number of benzene rings is 2. The Morgan fingerprint density at radius 2 is 1.11 bits per heavy atom. The van der Waals surface area contributed by atoms with Gasteiger partial charge in [0.1, 0.15) is 0 Å². The normalized spacial score (nSPS) is 12.4. The van der Waals surface area contributed by atoms with Crippen molar-refractivity contribution in [2.45, 2.75) is 12.8 Å². The van der Waals surface area contributed by atoms with Gasteiger partial charge in [-0.2, -0.15) is 0 Å². The Morgan fingerprint density at radius 1 is 0.741 bits per heavy atom. The standard InChI is InChI=1S/C17H20Cl2N2O4S2/c18-16-5-1-14(2-6-16)9-11-21(27(24,25)13-26(20,22)23)12-10-15-3-7-17(19)8-4-15/h1-8H,9-13H2,(H2,20,22,23). The maximum atomic E-state index is 12.5. The molecule has 0 aliphatic rings. The highest BCUT2D eigenvalue weighted by atomic mass is 35.5. The van der Waals surface area contributed by atoms with Crippen LogP contribution >= 0.6 is 23.2 Å². The molecule has 2 N–H and O–H groups in total. The van der Waals surface area contributed by atoms with Gasteiger partial charge in [0.25, 0.3) is 0 Å². The molecule has 10 heteroatoms. The Morgan fingerprint density at radius 3 is 1.44 bits per heavy atom. The molecule has 2 aromatic rings. The summed E-state index contributed by atoms with van der Waals surface area (Å²) in [7, 11) is -8.24. The lowest BCUT2D eigenvalue weighted by Crippen LogP contribution is -2.39. The predicted molar refractivity (Wildman–Crippen MR) is 109 cm³/mol. The van der Waals surface area contributed by atoms with Crippen molar-refractivity contribution < 1.29 is 16.8 Å². The molecule has 0 fully saturated rings. The highest BCUT2D eigenvalue weighted by molar-refractivity contribution is 8.05. The topological polar surface area (TPSA) is 97.5 Å². The van der Waals surface area contributed by atoms with E-state index in [4.69, 9.17) is 28.3 Å². The van der Waals surface area contributed by atoms with E-state index < -0.39 is 25.1 Å². The Kier molecular flexibility index (Phi) is 7.67. The molecule has 0 saturated heterocycles. The minimum Gasteiger partial charge on any atom is -0.228 e.